The van der Waals surface area contributed by atoms with Gasteiger partial charge >= 0.3 is 0 Å². The van der Waals surface area contributed by atoms with Gasteiger partial charge in [0.15, 0.2) is 6.29 Å². The van der Waals surface area contributed by atoms with Crippen molar-refractivity contribution in [2.75, 3.05) is 6.54 Å². The van der Waals surface area contributed by atoms with E-state index < -0.39 is 0 Å². The molecule has 0 fully saturated rings. The molecule has 2 nitrogen and oxygen atoms in total. The van der Waals surface area contributed by atoms with Crippen LogP contribution in [0.25, 0.3) is 10.4 Å². The fourth-order valence-electron chi connectivity index (χ4n) is 2.39. The summed E-state index contributed by atoms with van der Waals surface area (Å²) in [7, 11) is 0. The number of nitrogens with one attached hydrogen (secondary N) is 1. The number of carbonyl (C=O) groups excluding carboxylic acids is 1. The van der Waals surface area contributed by atoms with Gasteiger partial charge in [-0.15, -0.1) is 11.3 Å². The third-order valence-electron chi connectivity index (χ3n) is 3.35. The van der Waals surface area contributed by atoms with Crippen LogP contribution in [0.3, 0.4) is 0 Å². The van der Waals surface area contributed by atoms with Gasteiger partial charge in [0.1, 0.15) is 0 Å². The van der Waals surface area contributed by atoms with Crippen molar-refractivity contribution in [1.29, 1.82) is 0 Å². The summed E-state index contributed by atoms with van der Waals surface area (Å²) in [5.41, 5.74) is 4.07. The minimum Gasteiger partial charge on any atom is -0.313 e. The zero-order valence-corrected chi connectivity index (χ0v) is 10.9. The average molecular weight is 257 g/mol. The molecule has 1 aromatic heterocycles. The molecule has 1 aliphatic heterocycles. The molecule has 92 valence electrons. The van der Waals surface area contributed by atoms with Gasteiger partial charge in [0.2, 0.25) is 0 Å². The van der Waals surface area contributed by atoms with Crippen LogP contribution >= 0.6 is 11.3 Å². The molecule has 0 atom stereocenters. The van der Waals surface area contributed by atoms with Crippen LogP contribution in [0.1, 0.15) is 27.2 Å². The molecule has 3 rings (SSSR count). The smallest absolute Gasteiger partial charge is 0.160 e. The van der Waals surface area contributed by atoms with E-state index in [1.807, 2.05) is 12.1 Å². The molecule has 0 saturated heterocycles. The molecule has 0 saturated carbocycles. The van der Waals surface area contributed by atoms with E-state index >= 15 is 0 Å². The molecule has 2 heterocycles. The summed E-state index contributed by atoms with van der Waals surface area (Å²) in [4.78, 5) is 12.7. The Balaban J connectivity index is 1.98. The first kappa shape index (κ1) is 11.6. The molecule has 1 aromatic carbocycles. The number of hydrogen-bond acceptors (Lipinski definition) is 3. The van der Waals surface area contributed by atoms with E-state index in [-0.39, 0.29) is 0 Å². The Hall–Kier alpha value is -1.45. The minimum absolute atomic E-state index is 0.790. The van der Waals surface area contributed by atoms with Gasteiger partial charge in [-0.2, -0.15) is 0 Å². The molecule has 0 radical (unpaired) electrons. The van der Waals surface area contributed by atoms with Crippen LogP contribution in [-0.4, -0.2) is 12.8 Å². The Kier molecular flexibility index (Phi) is 3.26. The molecule has 1 aliphatic rings. The quantitative estimate of drug-likeness (QED) is 0.837. The van der Waals surface area contributed by atoms with E-state index in [0.717, 1.165) is 30.7 Å². The number of hydrogen-bond donors (Lipinski definition) is 1. The Labute approximate surface area is 111 Å². The topological polar surface area (TPSA) is 29.1 Å². The molecular formula is C15H15NOS. The summed E-state index contributed by atoms with van der Waals surface area (Å²) >= 11 is 1.55. The zero-order valence-electron chi connectivity index (χ0n) is 10.1. The molecular weight excluding hydrogens is 242 g/mol. The van der Waals surface area contributed by atoms with E-state index in [4.69, 9.17) is 0 Å². The van der Waals surface area contributed by atoms with Crippen molar-refractivity contribution in [2.45, 2.75) is 19.4 Å². The number of thiophene rings is 1. The molecule has 0 bridgehead atoms. The summed E-state index contributed by atoms with van der Waals surface area (Å²) in [6.07, 6.45) is 3.28. The highest BCUT2D eigenvalue weighted by atomic mass is 32.1. The molecule has 0 unspecified atom stereocenters. The van der Waals surface area contributed by atoms with E-state index in [9.17, 15) is 4.79 Å². The maximum atomic E-state index is 10.7. The van der Waals surface area contributed by atoms with Gasteiger partial charge in [-0.05, 0) is 54.3 Å². The molecule has 0 spiro atoms. The summed E-state index contributed by atoms with van der Waals surface area (Å²) in [6, 6.07) is 10.6. The number of aldehydes is 1. The number of aryl methyl sites for hydroxylation is 1. The lowest BCUT2D eigenvalue weighted by molar-refractivity contribution is 0.112. The largest absolute Gasteiger partial charge is 0.313 e. The first-order chi connectivity index (χ1) is 8.86. The monoisotopic (exact) mass is 257 g/mol. The number of fused-ring (bicyclic) bond motifs is 1. The van der Waals surface area contributed by atoms with E-state index in [2.05, 4.69) is 23.5 Å². The van der Waals surface area contributed by atoms with Crippen molar-refractivity contribution in [2.24, 2.45) is 0 Å². The fraction of sp³-hybridized carbons (Fsp3) is 0.267. The summed E-state index contributed by atoms with van der Waals surface area (Å²) in [5, 5.41) is 3.45. The van der Waals surface area contributed by atoms with Crippen molar-refractivity contribution in [3.05, 3.63) is 46.3 Å². The van der Waals surface area contributed by atoms with Gasteiger partial charge in [0, 0.05) is 11.4 Å². The van der Waals surface area contributed by atoms with E-state index in [1.165, 1.54) is 28.0 Å². The maximum absolute atomic E-state index is 10.7. The number of rotatable bonds is 2. The van der Waals surface area contributed by atoms with E-state index in [0.29, 0.717) is 0 Å². The molecule has 3 heteroatoms. The Morgan fingerprint density at radius 3 is 2.94 bits per heavy atom. The highest BCUT2D eigenvalue weighted by Gasteiger charge is 2.09. The predicted octanol–water partition coefficient (Wildman–Crippen LogP) is 3.26. The van der Waals surface area contributed by atoms with Gasteiger partial charge in [0.05, 0.1) is 4.88 Å². The standard InChI is InChI=1S/C15H15NOS/c17-10-14-5-6-15(18-14)12-4-3-11-2-1-7-16-9-13(11)8-12/h3-6,8,10,16H,1-2,7,9H2. The maximum Gasteiger partial charge on any atom is 0.160 e. The van der Waals surface area contributed by atoms with Crippen LogP contribution < -0.4 is 5.32 Å². The highest BCUT2D eigenvalue weighted by Crippen LogP contribution is 2.29. The normalized spacial score (nSPS) is 14.9. The van der Waals surface area contributed by atoms with Crippen molar-refractivity contribution in [3.63, 3.8) is 0 Å². The van der Waals surface area contributed by atoms with Crippen LogP contribution in [0.15, 0.2) is 30.3 Å². The molecule has 1 N–H and O–H groups in total. The highest BCUT2D eigenvalue weighted by molar-refractivity contribution is 7.17. The average Bonchev–Trinajstić information content (AvgIpc) is 2.76. The lowest BCUT2D eigenvalue weighted by atomic mass is 10.0. The van der Waals surface area contributed by atoms with Gasteiger partial charge in [-0.3, -0.25) is 4.79 Å². The summed E-state index contributed by atoms with van der Waals surface area (Å²) < 4.78 is 0. The lowest BCUT2D eigenvalue weighted by Gasteiger charge is -2.07. The summed E-state index contributed by atoms with van der Waals surface area (Å²) in [5.74, 6) is 0. The molecule has 0 aliphatic carbocycles. The molecule has 0 amide bonds. The predicted molar refractivity (Wildman–Crippen MR) is 75.2 cm³/mol. The summed E-state index contributed by atoms with van der Waals surface area (Å²) in [6.45, 7) is 2.05. The van der Waals surface area contributed by atoms with Crippen LogP contribution in [-0.2, 0) is 13.0 Å². The second kappa shape index (κ2) is 5.04. The Morgan fingerprint density at radius 2 is 2.11 bits per heavy atom. The molecule has 2 aromatic rings. The second-order valence-electron chi connectivity index (χ2n) is 4.58. The van der Waals surface area contributed by atoms with Crippen LogP contribution in [0, 0.1) is 0 Å². The van der Waals surface area contributed by atoms with Crippen molar-refractivity contribution < 1.29 is 4.79 Å². The Bertz CT molecular complexity index is 574. The first-order valence-electron chi connectivity index (χ1n) is 6.25. The van der Waals surface area contributed by atoms with Crippen molar-refractivity contribution >= 4 is 17.6 Å². The number of carbonyl (C=O) groups is 1. The number of benzene rings is 1. The third kappa shape index (κ3) is 2.24. The van der Waals surface area contributed by atoms with E-state index in [1.54, 1.807) is 11.3 Å². The van der Waals surface area contributed by atoms with Gasteiger partial charge < -0.3 is 5.32 Å². The SMILES string of the molecule is O=Cc1ccc(-c2ccc3c(c2)CNCCC3)s1. The van der Waals surface area contributed by atoms with Crippen molar-refractivity contribution in [3.8, 4) is 10.4 Å². The van der Waals surface area contributed by atoms with Gasteiger partial charge in [-0.25, -0.2) is 0 Å². The Morgan fingerprint density at radius 1 is 1.17 bits per heavy atom. The second-order valence-corrected chi connectivity index (χ2v) is 5.70. The molecule has 18 heavy (non-hydrogen) atoms. The zero-order chi connectivity index (χ0) is 12.4. The minimum atomic E-state index is 0.790. The van der Waals surface area contributed by atoms with Gasteiger partial charge in [0.25, 0.3) is 0 Å². The van der Waals surface area contributed by atoms with Crippen LogP contribution in [0.2, 0.25) is 0 Å². The lowest BCUT2D eigenvalue weighted by Crippen LogP contribution is -2.11. The van der Waals surface area contributed by atoms with Crippen LogP contribution in [0.5, 0.6) is 0 Å². The van der Waals surface area contributed by atoms with Crippen molar-refractivity contribution in [1.82, 2.24) is 5.32 Å². The van der Waals surface area contributed by atoms with Crippen LogP contribution in [0.4, 0.5) is 0 Å². The fourth-order valence-corrected chi connectivity index (χ4v) is 3.20. The first-order valence-corrected chi connectivity index (χ1v) is 7.06. The van der Waals surface area contributed by atoms with Gasteiger partial charge in [-0.1, -0.05) is 12.1 Å². The third-order valence-corrected chi connectivity index (χ3v) is 4.41.